The summed E-state index contributed by atoms with van der Waals surface area (Å²) in [6, 6.07) is 8.97. The van der Waals surface area contributed by atoms with E-state index in [1.165, 1.54) is 6.07 Å². The Bertz CT molecular complexity index is 755. The Kier molecular flexibility index (Phi) is 3.56. The summed E-state index contributed by atoms with van der Waals surface area (Å²) in [4.78, 5) is 8.55. The zero-order chi connectivity index (χ0) is 14.1. The van der Waals surface area contributed by atoms with Crippen molar-refractivity contribution in [2.75, 3.05) is 5.73 Å². The van der Waals surface area contributed by atoms with Gasteiger partial charge in [0, 0.05) is 30.9 Å². The molecule has 0 atom stereocenters. The molecular weight excluding hydrogens is 370 g/mol. The van der Waals surface area contributed by atoms with Gasteiger partial charge in [-0.15, -0.1) is 0 Å². The third-order valence-electron chi connectivity index (χ3n) is 3.14. The van der Waals surface area contributed by atoms with Crippen LogP contribution >= 0.6 is 22.6 Å². The van der Waals surface area contributed by atoms with Crippen molar-refractivity contribution < 1.29 is 4.39 Å². The van der Waals surface area contributed by atoms with Crippen molar-refractivity contribution in [1.29, 1.82) is 0 Å². The summed E-state index contributed by atoms with van der Waals surface area (Å²) in [5.41, 5.74) is 8.33. The van der Waals surface area contributed by atoms with Crippen LogP contribution in [-0.2, 0) is 13.0 Å². The van der Waals surface area contributed by atoms with Crippen LogP contribution in [0.2, 0.25) is 0 Å². The minimum atomic E-state index is -0.253. The molecule has 0 spiro atoms. The fourth-order valence-corrected chi connectivity index (χ4v) is 2.60. The molecule has 0 fully saturated rings. The van der Waals surface area contributed by atoms with Gasteiger partial charge in [-0.1, -0.05) is 6.07 Å². The highest BCUT2D eigenvalue weighted by Crippen LogP contribution is 2.23. The Morgan fingerprint density at radius 1 is 1.30 bits per heavy atom. The second-order valence-electron chi connectivity index (χ2n) is 4.45. The van der Waals surface area contributed by atoms with E-state index in [0.29, 0.717) is 21.6 Å². The monoisotopic (exact) mass is 382 g/mol. The molecule has 0 saturated carbocycles. The predicted octanol–water partition coefficient (Wildman–Crippen LogP) is 3.00. The summed E-state index contributed by atoms with van der Waals surface area (Å²) in [7, 11) is 0. The van der Waals surface area contributed by atoms with E-state index in [1.54, 1.807) is 12.3 Å². The third-order valence-corrected chi connectivity index (χ3v) is 3.96. The van der Waals surface area contributed by atoms with Crippen molar-refractivity contribution in [3.63, 3.8) is 0 Å². The van der Waals surface area contributed by atoms with Crippen LogP contribution in [0.1, 0.15) is 5.69 Å². The molecule has 0 saturated heterocycles. The van der Waals surface area contributed by atoms with Crippen LogP contribution in [-0.4, -0.2) is 14.5 Å². The molecule has 0 unspecified atom stereocenters. The number of benzene rings is 1. The summed E-state index contributed by atoms with van der Waals surface area (Å²) in [6.07, 6.45) is 2.48. The van der Waals surface area contributed by atoms with Crippen LogP contribution < -0.4 is 5.73 Å². The molecule has 0 radical (unpaired) electrons. The molecule has 0 aliphatic heterocycles. The number of aryl methyl sites for hydroxylation is 2. The minimum Gasteiger partial charge on any atom is -0.369 e. The molecule has 2 heterocycles. The molecule has 4 nitrogen and oxygen atoms in total. The number of rotatable bonds is 3. The fraction of sp³-hybridized carbons (Fsp3) is 0.143. The molecule has 2 N–H and O–H groups in total. The number of nitrogens with zero attached hydrogens (tertiary/aromatic N) is 3. The molecule has 2 aromatic heterocycles. The van der Waals surface area contributed by atoms with Gasteiger partial charge in [-0.3, -0.25) is 4.98 Å². The Hall–Kier alpha value is -1.70. The van der Waals surface area contributed by atoms with Crippen molar-refractivity contribution >= 4 is 39.6 Å². The van der Waals surface area contributed by atoms with Gasteiger partial charge in [0.25, 0.3) is 0 Å². The van der Waals surface area contributed by atoms with Crippen LogP contribution in [0.4, 0.5) is 10.3 Å². The number of fused-ring (bicyclic) bond motifs is 1. The normalized spacial score (nSPS) is 11.1. The first-order valence-corrected chi connectivity index (χ1v) is 7.23. The van der Waals surface area contributed by atoms with Gasteiger partial charge in [-0.25, -0.2) is 9.37 Å². The van der Waals surface area contributed by atoms with Crippen molar-refractivity contribution in [3.8, 4) is 0 Å². The molecule has 0 aliphatic rings. The number of nitrogens with two attached hydrogens (primary N) is 1. The first-order valence-electron chi connectivity index (χ1n) is 6.16. The number of hydrogen-bond acceptors (Lipinski definition) is 3. The number of halogens is 2. The molecule has 102 valence electrons. The van der Waals surface area contributed by atoms with Gasteiger partial charge in [0.15, 0.2) is 0 Å². The Morgan fingerprint density at radius 2 is 2.15 bits per heavy atom. The zero-order valence-electron chi connectivity index (χ0n) is 10.6. The fourth-order valence-electron chi connectivity index (χ4n) is 2.15. The van der Waals surface area contributed by atoms with Gasteiger partial charge in [-0.05, 0) is 40.8 Å². The maximum Gasteiger partial charge on any atom is 0.201 e. The lowest BCUT2D eigenvalue weighted by molar-refractivity contribution is 0.620. The van der Waals surface area contributed by atoms with E-state index in [2.05, 4.69) is 9.97 Å². The standard InChI is InChI=1S/C14H12FIN4/c15-10-7-13-12(8-11(10)16)19-14(17)20(13)6-4-9-3-1-2-5-18-9/h1-3,5,7-8H,4,6H2,(H2,17,19). The van der Waals surface area contributed by atoms with Crippen molar-refractivity contribution in [2.24, 2.45) is 0 Å². The van der Waals surface area contributed by atoms with E-state index in [9.17, 15) is 4.39 Å². The minimum absolute atomic E-state index is 0.253. The van der Waals surface area contributed by atoms with E-state index in [-0.39, 0.29) is 5.82 Å². The van der Waals surface area contributed by atoms with Crippen molar-refractivity contribution in [1.82, 2.24) is 14.5 Å². The lowest BCUT2D eigenvalue weighted by atomic mass is 10.2. The highest BCUT2D eigenvalue weighted by molar-refractivity contribution is 14.1. The number of hydrogen-bond donors (Lipinski definition) is 1. The summed E-state index contributed by atoms with van der Waals surface area (Å²) < 4.78 is 16.1. The first kappa shape index (κ1) is 13.3. The summed E-state index contributed by atoms with van der Waals surface area (Å²) >= 11 is 1.95. The van der Waals surface area contributed by atoms with E-state index in [4.69, 9.17) is 5.73 Å². The predicted molar refractivity (Wildman–Crippen MR) is 84.8 cm³/mol. The number of aromatic nitrogens is 3. The second-order valence-corrected chi connectivity index (χ2v) is 5.61. The lowest BCUT2D eigenvalue weighted by Gasteiger charge is -2.06. The highest BCUT2D eigenvalue weighted by atomic mass is 127. The smallest absolute Gasteiger partial charge is 0.201 e. The molecule has 0 amide bonds. The Balaban J connectivity index is 1.95. The van der Waals surface area contributed by atoms with Crippen LogP contribution in [0.15, 0.2) is 36.5 Å². The maximum atomic E-state index is 13.7. The van der Waals surface area contributed by atoms with Crippen molar-refractivity contribution in [2.45, 2.75) is 13.0 Å². The number of nitrogen functional groups attached to an aromatic ring is 1. The van der Waals surface area contributed by atoms with Gasteiger partial charge < -0.3 is 10.3 Å². The average Bonchev–Trinajstić information content (AvgIpc) is 2.73. The molecule has 3 rings (SSSR count). The van der Waals surface area contributed by atoms with Crippen LogP contribution in [0.5, 0.6) is 0 Å². The first-order chi connectivity index (χ1) is 9.65. The lowest BCUT2D eigenvalue weighted by Crippen LogP contribution is -2.06. The summed E-state index contributed by atoms with van der Waals surface area (Å²) in [5.74, 6) is 0.148. The van der Waals surface area contributed by atoms with Crippen LogP contribution in [0, 0.1) is 9.39 Å². The van der Waals surface area contributed by atoms with Gasteiger partial charge >= 0.3 is 0 Å². The van der Waals surface area contributed by atoms with Crippen LogP contribution in [0.25, 0.3) is 11.0 Å². The highest BCUT2D eigenvalue weighted by Gasteiger charge is 2.11. The molecule has 6 heteroatoms. The van der Waals surface area contributed by atoms with Gasteiger partial charge in [-0.2, -0.15) is 0 Å². The third kappa shape index (κ3) is 2.47. The quantitative estimate of drug-likeness (QED) is 0.709. The van der Waals surface area contributed by atoms with E-state index in [1.807, 2.05) is 45.4 Å². The van der Waals surface area contributed by atoms with Gasteiger partial charge in [0.05, 0.1) is 14.6 Å². The maximum absolute atomic E-state index is 13.7. The van der Waals surface area contributed by atoms with Gasteiger partial charge in [0.2, 0.25) is 5.95 Å². The molecular formula is C14H12FIN4. The SMILES string of the molecule is Nc1nc2cc(I)c(F)cc2n1CCc1ccccn1. The molecule has 20 heavy (non-hydrogen) atoms. The number of pyridine rings is 1. The number of anilines is 1. The topological polar surface area (TPSA) is 56.7 Å². The molecule has 0 bridgehead atoms. The van der Waals surface area contributed by atoms with E-state index < -0.39 is 0 Å². The Labute approximate surface area is 129 Å². The number of imidazole rings is 1. The summed E-state index contributed by atoms with van der Waals surface area (Å²) in [5, 5.41) is 0. The Morgan fingerprint density at radius 3 is 2.90 bits per heavy atom. The molecule has 0 aliphatic carbocycles. The summed E-state index contributed by atoms with van der Waals surface area (Å²) in [6.45, 7) is 0.624. The second kappa shape index (κ2) is 5.35. The van der Waals surface area contributed by atoms with Crippen molar-refractivity contribution in [3.05, 3.63) is 51.6 Å². The van der Waals surface area contributed by atoms with E-state index >= 15 is 0 Å². The van der Waals surface area contributed by atoms with Crippen LogP contribution in [0.3, 0.4) is 0 Å². The van der Waals surface area contributed by atoms with E-state index in [0.717, 1.165) is 17.6 Å². The van der Waals surface area contributed by atoms with Gasteiger partial charge in [0.1, 0.15) is 5.82 Å². The molecule has 3 aromatic rings. The molecule has 1 aromatic carbocycles. The zero-order valence-corrected chi connectivity index (χ0v) is 12.7. The largest absolute Gasteiger partial charge is 0.369 e. The average molecular weight is 382 g/mol.